The van der Waals surface area contributed by atoms with Gasteiger partial charge in [-0.1, -0.05) is 0 Å². The molecule has 0 fully saturated rings. The summed E-state index contributed by atoms with van der Waals surface area (Å²) in [7, 11) is 0. The average Bonchev–Trinajstić information content (AvgIpc) is 0. The van der Waals surface area contributed by atoms with E-state index in [2.05, 4.69) is 0 Å². The topological polar surface area (TPSA) is 741 Å². The van der Waals surface area contributed by atoms with Gasteiger partial charge in [-0.05, 0) is 0 Å². The van der Waals surface area contributed by atoms with E-state index in [9.17, 15) is 0 Å². The van der Waals surface area contributed by atoms with Crippen molar-refractivity contribution < 1.29 is 483 Å². The molecule has 40 heteroatoms. The molecule has 254 valence electrons. The van der Waals surface area contributed by atoms with Crippen LogP contribution in [0.4, 0.5) is 0 Å². The second-order valence-corrected chi connectivity index (χ2v) is 0. The molecule has 0 aliphatic carbocycles. The van der Waals surface area contributed by atoms with Gasteiger partial charge in [-0.3, -0.25) is 0 Å². The van der Waals surface area contributed by atoms with Gasteiger partial charge in [0, 0.05) is 164 Å². The fourth-order valence-corrected chi connectivity index (χ4v) is 0. The predicted molar refractivity (Wildman–Crippen MR) is 17.8 cm³/mol. The normalized spacial score (nSPS) is 0. The molecular formula is Mo6Na6O26V2-46. The monoisotopic (exact) mass is 1240 g/mol. The van der Waals surface area contributed by atoms with Crippen molar-refractivity contribution in [3.63, 3.8) is 0 Å². The summed E-state index contributed by atoms with van der Waals surface area (Å²) in [5.41, 5.74) is 0. The molecule has 0 unspecified atom stereocenters. The molecule has 26 nitrogen and oxygen atoms in total. The summed E-state index contributed by atoms with van der Waals surface area (Å²) in [5, 5.41) is 0. The summed E-state index contributed by atoms with van der Waals surface area (Å²) in [4.78, 5) is 0. The maximum Gasteiger partial charge on any atom is 1.00 e. The van der Waals surface area contributed by atoms with E-state index in [-0.39, 0.29) is 483 Å². The second kappa shape index (κ2) is 1090. The smallest absolute Gasteiger partial charge is 1.00 e. The molecule has 0 rings (SSSR count). The van der Waals surface area contributed by atoms with Gasteiger partial charge in [0.05, 0.1) is 0 Å². The summed E-state index contributed by atoms with van der Waals surface area (Å²) in [6, 6.07) is 0. The first-order chi connectivity index (χ1) is 0. The Bertz CT molecular complexity index is 57.6. The maximum absolute atomic E-state index is 0. The molecule has 0 aliphatic rings. The van der Waals surface area contributed by atoms with Gasteiger partial charge in [-0.25, -0.2) is 0 Å². The summed E-state index contributed by atoms with van der Waals surface area (Å²) >= 11 is 0. The van der Waals surface area contributed by atoms with Gasteiger partial charge in [0.15, 0.2) is 0 Å². The molecule has 0 heterocycles. The SMILES string of the molecule is [Mo].[Mo].[Mo].[Mo].[Mo].[Mo].[Na+].[Na+].[Na+].[Na+].[Na+].[Na+].[O-2].[O-2].[O-2].[O-2].[O-2].[O-2].[O-2].[O-2].[O-2].[O-2].[O-2].[O-2].[O-2].[O-2].[O-2].[O-2].[O-2].[O-2].[O-2].[O-2].[O-2].[O-2].[O-2].[O-2].[O-2].[O-2].[V].[V]. The molecule has 0 aromatic carbocycles. The molecule has 2 radical (unpaired) electrons. The zero-order chi connectivity index (χ0) is 0. The minimum atomic E-state index is 0. The van der Waals surface area contributed by atoms with Crippen molar-refractivity contribution in [3.8, 4) is 0 Å². The van der Waals surface area contributed by atoms with Gasteiger partial charge in [0.2, 0.25) is 0 Å². The van der Waals surface area contributed by atoms with Crippen LogP contribution in [-0.4, -0.2) is 0 Å². The predicted octanol–water partition coefficient (Wildman–Crippen LogP) is -21.1. The molecule has 0 aliphatic heterocycles. The zero-order valence-electron chi connectivity index (χ0n) is 20.0. The molecule has 0 saturated carbocycles. The van der Waals surface area contributed by atoms with Crippen molar-refractivity contribution in [2.45, 2.75) is 0 Å². The van der Waals surface area contributed by atoms with Crippen LogP contribution in [0, 0.1) is 0 Å². The number of hydrogen-bond donors (Lipinski definition) is 0. The van der Waals surface area contributed by atoms with E-state index in [0.717, 1.165) is 0 Å². The molecule has 0 aromatic heterocycles. The zero-order valence-corrected chi connectivity index (χ0v) is 46.8. The van der Waals surface area contributed by atoms with Crippen LogP contribution in [-0.2, 0) is 306 Å². The summed E-state index contributed by atoms with van der Waals surface area (Å²) in [5.74, 6) is 0. The third-order valence-corrected chi connectivity index (χ3v) is 0. The van der Waals surface area contributed by atoms with Crippen LogP contribution in [0.3, 0.4) is 0 Å². The molecular weight excluding hydrogens is 1230 g/mol. The Balaban J connectivity index is 0. The van der Waals surface area contributed by atoms with Crippen LogP contribution >= 0.6 is 0 Å². The maximum atomic E-state index is 0. The molecule has 40 heavy (non-hydrogen) atoms. The third-order valence-electron chi connectivity index (χ3n) is 0. The van der Waals surface area contributed by atoms with Gasteiger partial charge in [-0.15, -0.1) is 0 Å². The van der Waals surface area contributed by atoms with Crippen molar-refractivity contribution in [2.24, 2.45) is 0 Å². The number of rotatable bonds is 0. The van der Waals surface area contributed by atoms with E-state index in [0.29, 0.717) is 0 Å². The molecule has 0 spiro atoms. The summed E-state index contributed by atoms with van der Waals surface area (Å²) in [6.07, 6.45) is 0. The third kappa shape index (κ3) is 1020. The van der Waals surface area contributed by atoms with Crippen LogP contribution in [0.25, 0.3) is 0 Å². The van der Waals surface area contributed by atoms with E-state index < -0.39 is 0 Å². The fourth-order valence-electron chi connectivity index (χ4n) is 0. The standard InChI is InChI=1S/6Mo.6Na.26O.2V/q;;;;;;6*+1;26*-2;;. The Morgan fingerprint density at radius 2 is 0.100 bits per heavy atom. The first-order valence-corrected chi connectivity index (χ1v) is 0. The summed E-state index contributed by atoms with van der Waals surface area (Å²) < 4.78 is 0. The first kappa shape index (κ1) is 1160. The van der Waals surface area contributed by atoms with Crippen molar-refractivity contribution >= 4 is 0 Å². The van der Waals surface area contributed by atoms with Crippen LogP contribution in [0.15, 0.2) is 0 Å². The molecule has 0 aromatic rings. The minimum Gasteiger partial charge on any atom is -2.00 e. The van der Waals surface area contributed by atoms with Crippen molar-refractivity contribution in [1.29, 1.82) is 0 Å². The molecule has 0 bridgehead atoms. The van der Waals surface area contributed by atoms with Crippen LogP contribution < -0.4 is 177 Å². The number of hydrogen-bond acceptors (Lipinski definition) is 0. The van der Waals surface area contributed by atoms with E-state index in [1.807, 2.05) is 0 Å². The van der Waals surface area contributed by atoms with E-state index in [1.165, 1.54) is 0 Å². The largest absolute Gasteiger partial charge is 2.00 e. The quantitative estimate of drug-likeness (QED) is 0.204. The molecule has 0 saturated heterocycles. The van der Waals surface area contributed by atoms with Gasteiger partial charge >= 0.3 is 177 Å². The van der Waals surface area contributed by atoms with Crippen LogP contribution in [0.1, 0.15) is 0 Å². The molecule has 0 N–H and O–H groups in total. The Labute approximate surface area is 473 Å². The van der Waals surface area contributed by atoms with E-state index in [4.69, 9.17) is 0 Å². The molecule has 0 amide bonds. The van der Waals surface area contributed by atoms with Crippen LogP contribution in [0.2, 0.25) is 0 Å². The second-order valence-electron chi connectivity index (χ2n) is 0. The van der Waals surface area contributed by atoms with Crippen molar-refractivity contribution in [1.82, 2.24) is 0 Å². The van der Waals surface area contributed by atoms with Crippen LogP contribution in [0.5, 0.6) is 0 Å². The van der Waals surface area contributed by atoms with E-state index in [1.54, 1.807) is 0 Å². The van der Waals surface area contributed by atoms with Crippen molar-refractivity contribution in [2.75, 3.05) is 0 Å². The Kier molecular flexibility index (Phi) is 31600. The Morgan fingerprint density at radius 1 is 0.100 bits per heavy atom. The Hall–Kier alpha value is 10.3. The van der Waals surface area contributed by atoms with Gasteiger partial charge in [0.25, 0.3) is 0 Å². The average molecular weight is 1230 g/mol. The van der Waals surface area contributed by atoms with E-state index >= 15 is 0 Å². The van der Waals surface area contributed by atoms with Gasteiger partial charge in [0.1, 0.15) is 0 Å². The van der Waals surface area contributed by atoms with Crippen molar-refractivity contribution in [3.05, 3.63) is 0 Å². The summed E-state index contributed by atoms with van der Waals surface area (Å²) in [6.45, 7) is 0. The molecule has 0 atom stereocenters. The van der Waals surface area contributed by atoms with Gasteiger partial charge < -0.3 is 142 Å². The van der Waals surface area contributed by atoms with Gasteiger partial charge in [-0.2, -0.15) is 0 Å². The minimum absolute atomic E-state index is 0. The first-order valence-electron chi connectivity index (χ1n) is 0. The fraction of sp³-hybridized carbons (Fsp3) is 0. The Morgan fingerprint density at radius 3 is 0.100 bits per heavy atom.